The average Bonchev–Trinajstić information content (AvgIpc) is 2.58. The van der Waals surface area contributed by atoms with Crippen molar-refractivity contribution < 1.29 is 4.79 Å². The SMILES string of the molecule is Cc1ccc(C(=O)Nc2ccccc2-c2ccccc2)cc1C. The van der Waals surface area contributed by atoms with Crippen molar-refractivity contribution in [3.05, 3.63) is 89.5 Å². The summed E-state index contributed by atoms with van der Waals surface area (Å²) in [5.41, 5.74) is 5.91. The lowest BCUT2D eigenvalue weighted by atomic mass is 10.0. The van der Waals surface area contributed by atoms with Crippen LogP contribution in [-0.2, 0) is 0 Å². The molecule has 0 atom stereocenters. The fourth-order valence-electron chi connectivity index (χ4n) is 2.54. The number of benzene rings is 3. The molecular formula is C21H19NO. The van der Waals surface area contributed by atoms with Crippen molar-refractivity contribution in [2.75, 3.05) is 5.32 Å². The standard InChI is InChI=1S/C21H19NO/c1-15-12-13-18(14-16(15)2)21(23)22-20-11-7-6-10-19(20)17-8-4-3-5-9-17/h3-14H,1-2H3,(H,22,23). The van der Waals surface area contributed by atoms with E-state index in [4.69, 9.17) is 0 Å². The molecule has 3 aromatic carbocycles. The number of para-hydroxylation sites is 1. The third kappa shape index (κ3) is 3.32. The van der Waals surface area contributed by atoms with Crippen LogP contribution in [0.2, 0.25) is 0 Å². The molecule has 1 N–H and O–H groups in total. The van der Waals surface area contributed by atoms with Crippen LogP contribution in [0.15, 0.2) is 72.8 Å². The summed E-state index contributed by atoms with van der Waals surface area (Å²) in [6.45, 7) is 4.06. The van der Waals surface area contributed by atoms with E-state index in [-0.39, 0.29) is 5.91 Å². The van der Waals surface area contributed by atoms with Gasteiger partial charge in [-0.2, -0.15) is 0 Å². The second-order valence-corrected chi connectivity index (χ2v) is 5.66. The first-order valence-corrected chi connectivity index (χ1v) is 7.68. The van der Waals surface area contributed by atoms with E-state index in [0.717, 1.165) is 22.4 Å². The molecule has 23 heavy (non-hydrogen) atoms. The fourth-order valence-corrected chi connectivity index (χ4v) is 2.54. The summed E-state index contributed by atoms with van der Waals surface area (Å²) >= 11 is 0. The highest BCUT2D eigenvalue weighted by molar-refractivity contribution is 6.06. The molecule has 0 saturated heterocycles. The van der Waals surface area contributed by atoms with Crippen LogP contribution in [0.1, 0.15) is 21.5 Å². The molecule has 0 aliphatic rings. The highest BCUT2D eigenvalue weighted by Gasteiger charge is 2.10. The minimum absolute atomic E-state index is 0.0866. The molecule has 2 nitrogen and oxygen atoms in total. The van der Waals surface area contributed by atoms with Crippen LogP contribution in [-0.4, -0.2) is 5.91 Å². The Morgan fingerprint density at radius 1 is 0.783 bits per heavy atom. The molecule has 3 aromatic rings. The Bertz CT molecular complexity index is 837. The van der Waals surface area contributed by atoms with Crippen molar-refractivity contribution in [1.82, 2.24) is 0 Å². The summed E-state index contributed by atoms with van der Waals surface area (Å²) in [6, 6.07) is 23.7. The third-order valence-electron chi connectivity index (χ3n) is 4.03. The molecule has 0 aliphatic heterocycles. The summed E-state index contributed by atoms with van der Waals surface area (Å²) in [5, 5.41) is 3.03. The molecule has 1 amide bonds. The Hall–Kier alpha value is -2.87. The predicted octanol–water partition coefficient (Wildman–Crippen LogP) is 5.22. The van der Waals surface area contributed by atoms with E-state index in [9.17, 15) is 4.79 Å². The first kappa shape index (κ1) is 15.0. The van der Waals surface area contributed by atoms with Crippen molar-refractivity contribution in [1.29, 1.82) is 0 Å². The van der Waals surface area contributed by atoms with Crippen molar-refractivity contribution in [3.8, 4) is 11.1 Å². The molecule has 0 bridgehead atoms. The maximum atomic E-state index is 12.6. The van der Waals surface area contributed by atoms with E-state index in [1.807, 2.05) is 86.6 Å². The van der Waals surface area contributed by atoms with E-state index < -0.39 is 0 Å². The van der Waals surface area contributed by atoms with Crippen molar-refractivity contribution in [3.63, 3.8) is 0 Å². The van der Waals surface area contributed by atoms with Gasteiger partial charge in [-0.3, -0.25) is 4.79 Å². The molecule has 0 spiro atoms. The van der Waals surface area contributed by atoms with Crippen molar-refractivity contribution in [2.24, 2.45) is 0 Å². The van der Waals surface area contributed by atoms with Gasteiger partial charge >= 0.3 is 0 Å². The zero-order valence-electron chi connectivity index (χ0n) is 13.3. The summed E-state index contributed by atoms with van der Waals surface area (Å²) < 4.78 is 0. The number of anilines is 1. The lowest BCUT2D eigenvalue weighted by Crippen LogP contribution is -2.13. The van der Waals surface area contributed by atoms with E-state index in [2.05, 4.69) is 5.32 Å². The molecule has 0 aromatic heterocycles. The van der Waals surface area contributed by atoms with Gasteiger partial charge in [0.25, 0.3) is 5.91 Å². The minimum atomic E-state index is -0.0866. The van der Waals surface area contributed by atoms with Gasteiger partial charge in [0.1, 0.15) is 0 Å². The van der Waals surface area contributed by atoms with Gasteiger partial charge < -0.3 is 5.32 Å². The predicted molar refractivity (Wildman–Crippen MR) is 95.7 cm³/mol. The van der Waals surface area contributed by atoms with E-state index in [0.29, 0.717) is 5.56 Å². The normalized spacial score (nSPS) is 10.3. The van der Waals surface area contributed by atoms with Gasteiger partial charge in [-0.1, -0.05) is 54.6 Å². The van der Waals surface area contributed by atoms with Crippen molar-refractivity contribution >= 4 is 11.6 Å². The Morgan fingerprint density at radius 3 is 2.22 bits per heavy atom. The van der Waals surface area contributed by atoms with Gasteiger partial charge in [-0.25, -0.2) is 0 Å². The highest BCUT2D eigenvalue weighted by Crippen LogP contribution is 2.28. The molecule has 114 valence electrons. The average molecular weight is 301 g/mol. The van der Waals surface area contributed by atoms with Crippen LogP contribution >= 0.6 is 0 Å². The van der Waals surface area contributed by atoms with Gasteiger partial charge in [-0.15, -0.1) is 0 Å². The molecule has 0 fully saturated rings. The van der Waals surface area contributed by atoms with Crippen molar-refractivity contribution in [2.45, 2.75) is 13.8 Å². The third-order valence-corrected chi connectivity index (χ3v) is 4.03. The van der Waals surface area contributed by atoms with E-state index >= 15 is 0 Å². The first-order chi connectivity index (χ1) is 11.1. The van der Waals surface area contributed by atoms with Gasteiger partial charge in [0, 0.05) is 16.8 Å². The molecule has 0 radical (unpaired) electrons. The summed E-state index contributed by atoms with van der Waals surface area (Å²) in [6.07, 6.45) is 0. The zero-order chi connectivity index (χ0) is 16.2. The largest absolute Gasteiger partial charge is 0.321 e. The smallest absolute Gasteiger partial charge is 0.255 e. The van der Waals surface area contributed by atoms with Gasteiger partial charge in [0.05, 0.1) is 0 Å². The number of hydrogen-bond acceptors (Lipinski definition) is 1. The molecule has 0 heterocycles. The highest BCUT2D eigenvalue weighted by atomic mass is 16.1. The van der Waals surface area contributed by atoms with Gasteiger partial charge in [0.2, 0.25) is 0 Å². The van der Waals surface area contributed by atoms with Crippen LogP contribution in [0.4, 0.5) is 5.69 Å². The second kappa shape index (κ2) is 6.49. The number of carbonyl (C=O) groups is 1. The summed E-state index contributed by atoms with van der Waals surface area (Å²) in [4.78, 5) is 12.6. The molecule has 2 heteroatoms. The second-order valence-electron chi connectivity index (χ2n) is 5.66. The molecule has 0 aliphatic carbocycles. The summed E-state index contributed by atoms with van der Waals surface area (Å²) in [5.74, 6) is -0.0866. The number of nitrogens with one attached hydrogen (secondary N) is 1. The molecular weight excluding hydrogens is 282 g/mol. The Balaban J connectivity index is 1.91. The van der Waals surface area contributed by atoms with Gasteiger partial charge in [-0.05, 0) is 48.7 Å². The quantitative estimate of drug-likeness (QED) is 0.705. The van der Waals surface area contributed by atoms with E-state index in [1.54, 1.807) is 0 Å². The summed E-state index contributed by atoms with van der Waals surface area (Å²) in [7, 11) is 0. The maximum Gasteiger partial charge on any atom is 0.255 e. The van der Waals surface area contributed by atoms with Crippen LogP contribution in [0.25, 0.3) is 11.1 Å². The lowest BCUT2D eigenvalue weighted by Gasteiger charge is -2.12. The van der Waals surface area contributed by atoms with Crippen LogP contribution in [0.5, 0.6) is 0 Å². The number of rotatable bonds is 3. The molecule has 0 unspecified atom stereocenters. The van der Waals surface area contributed by atoms with Crippen LogP contribution in [0, 0.1) is 13.8 Å². The number of carbonyl (C=O) groups excluding carboxylic acids is 1. The minimum Gasteiger partial charge on any atom is -0.321 e. The molecule has 0 saturated carbocycles. The Labute approximate surface area is 136 Å². The number of aryl methyl sites for hydroxylation is 2. The maximum absolute atomic E-state index is 12.6. The lowest BCUT2D eigenvalue weighted by molar-refractivity contribution is 0.102. The number of amides is 1. The first-order valence-electron chi connectivity index (χ1n) is 7.68. The fraction of sp³-hybridized carbons (Fsp3) is 0.0952. The van der Waals surface area contributed by atoms with Gasteiger partial charge in [0.15, 0.2) is 0 Å². The number of hydrogen-bond donors (Lipinski definition) is 1. The van der Waals surface area contributed by atoms with E-state index in [1.165, 1.54) is 5.56 Å². The van der Waals surface area contributed by atoms with Crippen LogP contribution < -0.4 is 5.32 Å². The topological polar surface area (TPSA) is 29.1 Å². The van der Waals surface area contributed by atoms with Crippen LogP contribution in [0.3, 0.4) is 0 Å². The Morgan fingerprint density at radius 2 is 1.48 bits per heavy atom. The molecule has 3 rings (SSSR count). The Kier molecular flexibility index (Phi) is 4.24. The zero-order valence-corrected chi connectivity index (χ0v) is 13.3. The monoisotopic (exact) mass is 301 g/mol.